The summed E-state index contributed by atoms with van der Waals surface area (Å²) in [4.78, 5) is 12.3. The molecule has 0 amide bonds. The second kappa shape index (κ2) is 6.26. The van der Waals surface area contributed by atoms with E-state index in [1.807, 2.05) is 6.92 Å². The molecule has 104 valence electrons. The van der Waals surface area contributed by atoms with Crippen molar-refractivity contribution < 1.29 is 14.6 Å². The van der Waals surface area contributed by atoms with Gasteiger partial charge in [-0.25, -0.2) is 0 Å². The predicted molar refractivity (Wildman–Crippen MR) is 72.7 cm³/mol. The lowest BCUT2D eigenvalue weighted by atomic mass is 9.95. The van der Waals surface area contributed by atoms with Gasteiger partial charge in [0, 0.05) is 17.5 Å². The molecule has 1 unspecified atom stereocenters. The number of carbonyl (C=O) groups is 1. The largest absolute Gasteiger partial charge is 0.465 e. The quantitative estimate of drug-likeness (QED) is 0.488. The molecule has 2 rings (SSSR count). The van der Waals surface area contributed by atoms with Gasteiger partial charge in [0.05, 0.1) is 13.2 Å². The zero-order valence-corrected chi connectivity index (χ0v) is 11.8. The molecule has 0 aromatic heterocycles. The fourth-order valence-corrected chi connectivity index (χ4v) is 3.32. The van der Waals surface area contributed by atoms with Crippen LogP contribution in [-0.2, 0) is 9.53 Å². The van der Waals surface area contributed by atoms with Gasteiger partial charge in [0.2, 0.25) is 0 Å². The molecule has 0 radical (unpaired) electrons. The molecule has 0 saturated heterocycles. The molecular weight excluding hydrogens is 250 g/mol. The average Bonchev–Trinajstić information content (AvgIpc) is 3.21. The van der Waals surface area contributed by atoms with Crippen LogP contribution in [0.15, 0.2) is 0 Å². The Balaban J connectivity index is 2.02. The molecule has 18 heavy (non-hydrogen) atoms. The SMILES string of the molecule is CCOC(=O)C(CSCCO)(NC1CC1)C1CC1. The van der Waals surface area contributed by atoms with Gasteiger partial charge in [-0.15, -0.1) is 0 Å². The Morgan fingerprint density at radius 1 is 1.44 bits per heavy atom. The van der Waals surface area contributed by atoms with Crippen LogP contribution in [0.25, 0.3) is 0 Å². The summed E-state index contributed by atoms with van der Waals surface area (Å²) in [6.45, 7) is 2.45. The van der Waals surface area contributed by atoms with Crippen LogP contribution in [0.4, 0.5) is 0 Å². The lowest BCUT2D eigenvalue weighted by Crippen LogP contribution is -2.58. The third-order valence-electron chi connectivity index (χ3n) is 3.52. The first-order valence-electron chi connectivity index (χ1n) is 6.86. The lowest BCUT2D eigenvalue weighted by Gasteiger charge is -2.32. The standard InChI is InChI=1S/C13H23NO3S/c1-2-17-12(16)13(10-3-4-10,9-18-8-7-15)14-11-5-6-11/h10-11,14-15H,2-9H2,1H3. The molecule has 2 N–H and O–H groups in total. The Morgan fingerprint density at radius 2 is 2.17 bits per heavy atom. The zero-order valence-electron chi connectivity index (χ0n) is 11.0. The Labute approximate surface area is 113 Å². The minimum Gasteiger partial charge on any atom is -0.465 e. The molecule has 0 bridgehead atoms. The number of rotatable bonds is 9. The van der Waals surface area contributed by atoms with Gasteiger partial charge in [-0.3, -0.25) is 10.1 Å². The number of esters is 1. The van der Waals surface area contributed by atoms with Crippen LogP contribution in [-0.4, -0.2) is 47.4 Å². The van der Waals surface area contributed by atoms with Crippen molar-refractivity contribution in [3.63, 3.8) is 0 Å². The van der Waals surface area contributed by atoms with E-state index in [1.165, 1.54) is 12.8 Å². The Morgan fingerprint density at radius 3 is 2.67 bits per heavy atom. The Kier molecular flexibility index (Phi) is 4.92. The van der Waals surface area contributed by atoms with Crippen LogP contribution >= 0.6 is 11.8 Å². The second-order valence-electron chi connectivity index (χ2n) is 5.16. The number of ether oxygens (including phenoxy) is 1. The molecule has 2 saturated carbocycles. The van der Waals surface area contributed by atoms with E-state index in [0.29, 0.717) is 30.1 Å². The van der Waals surface area contributed by atoms with E-state index in [1.54, 1.807) is 11.8 Å². The highest BCUT2D eigenvalue weighted by molar-refractivity contribution is 7.99. The third-order valence-corrected chi connectivity index (χ3v) is 4.65. The number of thioether (sulfide) groups is 1. The number of nitrogens with one attached hydrogen (secondary N) is 1. The summed E-state index contributed by atoms with van der Waals surface area (Å²) < 4.78 is 5.29. The highest BCUT2D eigenvalue weighted by Gasteiger charge is 2.53. The molecule has 1 atom stereocenters. The van der Waals surface area contributed by atoms with Gasteiger partial charge in [-0.05, 0) is 38.5 Å². The molecule has 0 aliphatic heterocycles. The molecule has 2 aliphatic carbocycles. The molecular formula is C13H23NO3S. The minimum atomic E-state index is -0.503. The number of carbonyl (C=O) groups excluding carboxylic acids is 1. The number of aliphatic hydroxyl groups is 1. The van der Waals surface area contributed by atoms with Gasteiger partial charge in [0.25, 0.3) is 0 Å². The number of aliphatic hydroxyl groups excluding tert-OH is 1. The van der Waals surface area contributed by atoms with Crippen LogP contribution < -0.4 is 5.32 Å². The molecule has 0 aromatic carbocycles. The topological polar surface area (TPSA) is 58.6 Å². The highest BCUT2D eigenvalue weighted by atomic mass is 32.2. The van der Waals surface area contributed by atoms with Crippen molar-refractivity contribution in [2.24, 2.45) is 5.92 Å². The van der Waals surface area contributed by atoms with E-state index in [9.17, 15) is 4.79 Å². The van der Waals surface area contributed by atoms with Gasteiger partial charge in [0.15, 0.2) is 0 Å². The molecule has 0 aromatic rings. The van der Waals surface area contributed by atoms with Crippen molar-refractivity contribution in [1.82, 2.24) is 5.32 Å². The van der Waals surface area contributed by atoms with E-state index < -0.39 is 5.54 Å². The van der Waals surface area contributed by atoms with E-state index in [2.05, 4.69) is 5.32 Å². The fourth-order valence-electron chi connectivity index (χ4n) is 2.29. The first kappa shape index (κ1) is 14.2. The van der Waals surface area contributed by atoms with E-state index >= 15 is 0 Å². The van der Waals surface area contributed by atoms with E-state index in [0.717, 1.165) is 12.8 Å². The molecule has 5 heteroatoms. The van der Waals surface area contributed by atoms with E-state index in [4.69, 9.17) is 9.84 Å². The van der Waals surface area contributed by atoms with Crippen molar-refractivity contribution in [2.45, 2.75) is 44.2 Å². The smallest absolute Gasteiger partial charge is 0.327 e. The minimum absolute atomic E-state index is 0.0927. The van der Waals surface area contributed by atoms with Crippen LogP contribution in [0.2, 0.25) is 0 Å². The third kappa shape index (κ3) is 3.39. The highest BCUT2D eigenvalue weighted by Crippen LogP contribution is 2.44. The van der Waals surface area contributed by atoms with Crippen LogP contribution in [0, 0.1) is 5.92 Å². The number of hydrogen-bond acceptors (Lipinski definition) is 5. The number of hydrogen-bond donors (Lipinski definition) is 2. The first-order valence-corrected chi connectivity index (χ1v) is 8.02. The normalized spacial score (nSPS) is 22.6. The first-order chi connectivity index (χ1) is 8.73. The van der Waals surface area contributed by atoms with Crippen LogP contribution in [0.5, 0.6) is 0 Å². The summed E-state index contributed by atoms with van der Waals surface area (Å²) in [5, 5.41) is 12.4. The Hall–Kier alpha value is -0.260. The Bertz CT molecular complexity index is 292. The zero-order chi connectivity index (χ0) is 13.0. The van der Waals surface area contributed by atoms with Gasteiger partial charge < -0.3 is 9.84 Å². The van der Waals surface area contributed by atoms with Crippen LogP contribution in [0.1, 0.15) is 32.6 Å². The summed E-state index contributed by atoms with van der Waals surface area (Å²) in [6.07, 6.45) is 4.55. The van der Waals surface area contributed by atoms with Crippen LogP contribution in [0.3, 0.4) is 0 Å². The maximum absolute atomic E-state index is 12.3. The van der Waals surface area contributed by atoms with Gasteiger partial charge >= 0.3 is 5.97 Å². The summed E-state index contributed by atoms with van der Waals surface area (Å²) in [6, 6.07) is 0.490. The summed E-state index contributed by atoms with van der Waals surface area (Å²) >= 11 is 1.64. The van der Waals surface area contributed by atoms with Crippen molar-refractivity contribution in [2.75, 3.05) is 24.7 Å². The lowest BCUT2D eigenvalue weighted by molar-refractivity contribution is -0.151. The monoisotopic (exact) mass is 273 g/mol. The van der Waals surface area contributed by atoms with Gasteiger partial charge in [0.1, 0.15) is 5.54 Å². The maximum Gasteiger partial charge on any atom is 0.327 e. The van der Waals surface area contributed by atoms with Crippen molar-refractivity contribution in [3.8, 4) is 0 Å². The summed E-state index contributed by atoms with van der Waals surface area (Å²) in [7, 11) is 0. The summed E-state index contributed by atoms with van der Waals surface area (Å²) in [5.74, 6) is 1.72. The summed E-state index contributed by atoms with van der Waals surface area (Å²) in [5.41, 5.74) is -0.503. The van der Waals surface area contributed by atoms with Gasteiger partial charge in [-0.2, -0.15) is 11.8 Å². The molecule has 0 spiro atoms. The maximum atomic E-state index is 12.3. The van der Waals surface area contributed by atoms with Crippen molar-refractivity contribution in [3.05, 3.63) is 0 Å². The predicted octanol–water partition coefficient (Wildman–Crippen LogP) is 1.18. The van der Waals surface area contributed by atoms with Crippen molar-refractivity contribution >= 4 is 17.7 Å². The fraction of sp³-hybridized carbons (Fsp3) is 0.923. The molecule has 2 fully saturated rings. The molecule has 4 nitrogen and oxygen atoms in total. The van der Waals surface area contributed by atoms with Crippen molar-refractivity contribution in [1.29, 1.82) is 0 Å². The second-order valence-corrected chi connectivity index (χ2v) is 6.27. The molecule has 2 aliphatic rings. The molecule has 0 heterocycles. The average molecular weight is 273 g/mol. The van der Waals surface area contributed by atoms with E-state index in [-0.39, 0.29) is 12.6 Å². The van der Waals surface area contributed by atoms with Gasteiger partial charge in [-0.1, -0.05) is 0 Å².